The van der Waals surface area contributed by atoms with Crippen molar-refractivity contribution in [2.45, 2.75) is 37.5 Å². The number of benzene rings is 2. The van der Waals surface area contributed by atoms with Crippen LogP contribution in [0.4, 0.5) is 0 Å². The predicted molar refractivity (Wildman–Crippen MR) is 104 cm³/mol. The Balaban J connectivity index is 2.30. The number of rotatable bonds is 4. The van der Waals surface area contributed by atoms with E-state index in [1.54, 1.807) is 0 Å². The lowest BCUT2D eigenvalue weighted by Crippen LogP contribution is -2.24. The molecule has 1 aliphatic carbocycles. The van der Waals surface area contributed by atoms with Gasteiger partial charge in [-0.25, -0.2) is 0 Å². The van der Waals surface area contributed by atoms with Gasteiger partial charge in [0.2, 0.25) is 23.3 Å². The van der Waals surface area contributed by atoms with Gasteiger partial charge in [0.25, 0.3) is 0 Å². The Labute approximate surface area is 170 Å². The third kappa shape index (κ3) is 3.25. The lowest BCUT2D eigenvalue weighted by molar-refractivity contribution is 0.0987. The van der Waals surface area contributed by atoms with E-state index in [9.17, 15) is 40.2 Å². The van der Waals surface area contributed by atoms with Crippen molar-refractivity contribution in [2.24, 2.45) is 11.5 Å². The van der Waals surface area contributed by atoms with Gasteiger partial charge in [0.15, 0.2) is 23.0 Å². The molecule has 2 aromatic rings. The van der Waals surface area contributed by atoms with Crippen molar-refractivity contribution in [2.75, 3.05) is 0 Å². The molecule has 10 heteroatoms. The standard InChI is InChI=1S/C20H22N2O8/c21-19(29)9-5-11(23)15(25)17(27)13(9)7-3-1-2-4-8(7)14-10(20(22)30)6-12(24)16(26)18(14)28/h5-8,23-28H,1-4H2,(H2,21,29)(H2,22,30)/t7-,8-/m1/s1. The summed E-state index contributed by atoms with van der Waals surface area (Å²) in [5.74, 6) is -8.05. The Morgan fingerprint density at radius 3 is 1.30 bits per heavy atom. The van der Waals surface area contributed by atoms with Crippen LogP contribution in [-0.4, -0.2) is 42.5 Å². The molecule has 0 aromatic heterocycles. The highest BCUT2D eigenvalue weighted by molar-refractivity contribution is 5.98. The minimum absolute atomic E-state index is 0.0510. The molecule has 160 valence electrons. The third-order valence-electron chi connectivity index (χ3n) is 5.62. The second-order valence-corrected chi connectivity index (χ2v) is 7.33. The number of hydrogen-bond acceptors (Lipinski definition) is 8. The number of phenolic OH excluding ortho intramolecular Hbond substituents is 6. The van der Waals surface area contributed by atoms with Crippen LogP contribution >= 0.6 is 0 Å². The van der Waals surface area contributed by atoms with Crippen LogP contribution < -0.4 is 11.5 Å². The Hall–Kier alpha value is -3.82. The topological polar surface area (TPSA) is 208 Å². The molecule has 0 saturated heterocycles. The zero-order valence-corrected chi connectivity index (χ0v) is 15.8. The quantitative estimate of drug-likeness (QED) is 0.341. The van der Waals surface area contributed by atoms with Crippen molar-refractivity contribution < 1.29 is 40.2 Å². The molecular formula is C20H22N2O8. The summed E-state index contributed by atoms with van der Waals surface area (Å²) >= 11 is 0. The van der Waals surface area contributed by atoms with E-state index in [-0.39, 0.29) is 22.3 Å². The molecule has 0 bridgehead atoms. The van der Waals surface area contributed by atoms with Gasteiger partial charge in [-0.05, 0) is 36.8 Å². The first-order chi connectivity index (χ1) is 14.1. The Morgan fingerprint density at radius 2 is 1.00 bits per heavy atom. The molecule has 1 fully saturated rings. The Morgan fingerprint density at radius 1 is 0.667 bits per heavy atom. The van der Waals surface area contributed by atoms with Crippen LogP contribution in [0.15, 0.2) is 12.1 Å². The fourth-order valence-electron chi connectivity index (χ4n) is 4.30. The highest BCUT2D eigenvalue weighted by Crippen LogP contribution is 2.55. The van der Waals surface area contributed by atoms with Gasteiger partial charge in [-0.15, -0.1) is 0 Å². The Bertz CT molecular complexity index is 967. The summed E-state index contributed by atoms with van der Waals surface area (Å²) in [4.78, 5) is 24.0. The zero-order valence-electron chi connectivity index (χ0n) is 15.8. The molecule has 2 amide bonds. The minimum atomic E-state index is -0.965. The molecule has 2 aromatic carbocycles. The van der Waals surface area contributed by atoms with Gasteiger partial charge < -0.3 is 42.1 Å². The van der Waals surface area contributed by atoms with E-state index < -0.39 is 58.1 Å². The maximum absolute atomic E-state index is 12.0. The lowest BCUT2D eigenvalue weighted by atomic mass is 9.69. The molecular weight excluding hydrogens is 396 g/mol. The summed E-state index contributed by atoms with van der Waals surface area (Å²) in [6.07, 6.45) is 2.03. The number of amides is 2. The smallest absolute Gasteiger partial charge is 0.249 e. The highest BCUT2D eigenvalue weighted by atomic mass is 16.3. The maximum atomic E-state index is 12.0. The van der Waals surface area contributed by atoms with Crippen molar-refractivity contribution in [3.63, 3.8) is 0 Å². The molecule has 0 aliphatic heterocycles. The van der Waals surface area contributed by atoms with Gasteiger partial charge in [-0.1, -0.05) is 12.8 Å². The third-order valence-corrected chi connectivity index (χ3v) is 5.62. The van der Waals surface area contributed by atoms with Gasteiger partial charge >= 0.3 is 0 Å². The number of hydrogen-bond donors (Lipinski definition) is 8. The predicted octanol–water partition coefficient (Wildman–Crippen LogP) is 1.56. The molecule has 0 spiro atoms. The molecule has 0 radical (unpaired) electrons. The number of carbonyl (C=O) groups is 2. The lowest BCUT2D eigenvalue weighted by Gasteiger charge is -2.35. The number of carbonyl (C=O) groups excluding carboxylic acids is 2. The van der Waals surface area contributed by atoms with Crippen LogP contribution in [0.25, 0.3) is 0 Å². The molecule has 3 rings (SSSR count). The summed E-state index contributed by atoms with van der Waals surface area (Å²) in [7, 11) is 0. The first-order valence-corrected chi connectivity index (χ1v) is 9.21. The first-order valence-electron chi connectivity index (χ1n) is 9.21. The van der Waals surface area contributed by atoms with Crippen LogP contribution in [0.5, 0.6) is 34.5 Å². The second-order valence-electron chi connectivity index (χ2n) is 7.33. The minimum Gasteiger partial charge on any atom is -0.504 e. The monoisotopic (exact) mass is 418 g/mol. The van der Waals surface area contributed by atoms with Crippen molar-refractivity contribution >= 4 is 11.8 Å². The van der Waals surface area contributed by atoms with Crippen LogP contribution in [0.3, 0.4) is 0 Å². The van der Waals surface area contributed by atoms with Crippen LogP contribution in [0.2, 0.25) is 0 Å². The van der Waals surface area contributed by atoms with Gasteiger partial charge in [0.05, 0.1) is 11.1 Å². The SMILES string of the molecule is NC(=O)c1cc(O)c(O)c(O)c1[C@@H]1CCCC[C@H]1c1c(C(N)=O)cc(O)c(O)c1O. The van der Waals surface area contributed by atoms with Crippen molar-refractivity contribution in [1.29, 1.82) is 0 Å². The van der Waals surface area contributed by atoms with E-state index in [1.165, 1.54) is 0 Å². The van der Waals surface area contributed by atoms with Crippen molar-refractivity contribution in [1.82, 2.24) is 0 Å². The number of aromatic hydroxyl groups is 6. The largest absolute Gasteiger partial charge is 0.504 e. The maximum Gasteiger partial charge on any atom is 0.249 e. The fourth-order valence-corrected chi connectivity index (χ4v) is 4.30. The number of nitrogens with two attached hydrogens (primary N) is 2. The van der Waals surface area contributed by atoms with E-state index in [4.69, 9.17) is 11.5 Å². The highest BCUT2D eigenvalue weighted by Gasteiger charge is 2.38. The average molecular weight is 418 g/mol. The number of primary amides is 2. The summed E-state index contributed by atoms with van der Waals surface area (Å²) in [5, 5.41) is 60.6. The number of phenols is 6. The van der Waals surface area contributed by atoms with Crippen LogP contribution in [0, 0.1) is 0 Å². The van der Waals surface area contributed by atoms with Crippen LogP contribution in [0.1, 0.15) is 69.4 Å². The van der Waals surface area contributed by atoms with E-state index in [1.807, 2.05) is 0 Å². The van der Waals surface area contributed by atoms with Gasteiger partial charge in [0, 0.05) is 11.1 Å². The van der Waals surface area contributed by atoms with Gasteiger partial charge in [-0.2, -0.15) is 0 Å². The van der Waals surface area contributed by atoms with E-state index in [2.05, 4.69) is 0 Å². The summed E-state index contributed by atoms with van der Waals surface area (Å²) in [6.45, 7) is 0. The van der Waals surface area contributed by atoms with Crippen molar-refractivity contribution in [3.05, 3.63) is 34.4 Å². The summed E-state index contributed by atoms with van der Waals surface area (Å²) in [6, 6.07) is 1.86. The average Bonchev–Trinajstić information content (AvgIpc) is 2.69. The normalized spacial score (nSPS) is 18.8. The van der Waals surface area contributed by atoms with E-state index in [0.717, 1.165) is 12.1 Å². The molecule has 2 atom stereocenters. The first kappa shape index (κ1) is 20.9. The van der Waals surface area contributed by atoms with Crippen molar-refractivity contribution in [3.8, 4) is 34.5 Å². The molecule has 1 saturated carbocycles. The molecule has 10 nitrogen and oxygen atoms in total. The molecule has 1 aliphatic rings. The van der Waals surface area contributed by atoms with E-state index in [0.29, 0.717) is 25.7 Å². The van der Waals surface area contributed by atoms with Gasteiger partial charge in [-0.3, -0.25) is 9.59 Å². The fraction of sp³-hybridized carbons (Fsp3) is 0.300. The second kappa shape index (κ2) is 7.54. The summed E-state index contributed by atoms with van der Waals surface area (Å²) < 4.78 is 0. The molecule has 0 unspecified atom stereocenters. The molecule has 10 N–H and O–H groups in total. The van der Waals surface area contributed by atoms with E-state index >= 15 is 0 Å². The zero-order chi connectivity index (χ0) is 22.3. The summed E-state index contributed by atoms with van der Waals surface area (Å²) in [5.41, 5.74) is 10.2. The molecule has 0 heterocycles. The van der Waals surface area contributed by atoms with Gasteiger partial charge in [0.1, 0.15) is 0 Å². The Kier molecular flexibility index (Phi) is 5.26. The van der Waals surface area contributed by atoms with Crippen LogP contribution in [-0.2, 0) is 0 Å². The molecule has 30 heavy (non-hydrogen) atoms.